The van der Waals surface area contributed by atoms with Crippen LogP contribution in [0, 0.1) is 0 Å². The van der Waals surface area contributed by atoms with Crippen LogP contribution in [0.4, 0.5) is 13.2 Å². The summed E-state index contributed by atoms with van der Waals surface area (Å²) in [6.45, 7) is 0.141. The number of benzene rings is 1. The minimum Gasteiger partial charge on any atom is -0.378 e. The van der Waals surface area contributed by atoms with Crippen molar-refractivity contribution in [2.75, 3.05) is 7.11 Å². The lowest BCUT2D eigenvalue weighted by molar-refractivity contribution is -0.137. The van der Waals surface area contributed by atoms with Crippen LogP contribution in [0.2, 0.25) is 0 Å². The molecule has 0 aliphatic rings. The molecule has 0 amide bonds. The van der Waals surface area contributed by atoms with Crippen LogP contribution >= 0.6 is 15.9 Å². The Labute approximate surface area is 120 Å². The van der Waals surface area contributed by atoms with Crippen LogP contribution in [-0.2, 0) is 17.5 Å². The third kappa shape index (κ3) is 2.80. The normalized spacial score (nSPS) is 11.8. The van der Waals surface area contributed by atoms with E-state index in [0.717, 1.165) is 16.8 Å². The Kier molecular flexibility index (Phi) is 4.05. The van der Waals surface area contributed by atoms with E-state index in [1.807, 2.05) is 0 Å². The molecule has 2 rings (SSSR count). The molecule has 20 heavy (non-hydrogen) atoms. The molecule has 0 aliphatic heterocycles. The first-order chi connectivity index (χ1) is 9.34. The molecule has 0 saturated carbocycles. The first kappa shape index (κ1) is 14.9. The van der Waals surface area contributed by atoms with Crippen molar-refractivity contribution in [2.45, 2.75) is 12.8 Å². The number of alkyl halides is 3. The minimum atomic E-state index is -4.46. The molecule has 0 radical (unpaired) electrons. The highest BCUT2D eigenvalue weighted by molar-refractivity contribution is 9.10. The van der Waals surface area contributed by atoms with E-state index < -0.39 is 17.3 Å². The Hall–Kier alpha value is -1.54. The summed E-state index contributed by atoms with van der Waals surface area (Å²) in [5.74, 6) is 0. The molecule has 1 N–H and O–H groups in total. The van der Waals surface area contributed by atoms with Gasteiger partial charge in [-0.05, 0) is 34.1 Å². The first-order valence-electron chi connectivity index (χ1n) is 5.50. The monoisotopic (exact) mass is 350 g/mol. The zero-order valence-electron chi connectivity index (χ0n) is 10.3. The smallest absolute Gasteiger partial charge is 0.378 e. The molecule has 108 valence electrons. The second kappa shape index (κ2) is 5.45. The second-order valence-corrected chi connectivity index (χ2v) is 4.82. The molecule has 0 saturated heterocycles. The fraction of sp³-hybridized carbons (Fsp3) is 0.250. The van der Waals surface area contributed by atoms with Gasteiger partial charge in [-0.15, -0.1) is 0 Å². The Morgan fingerprint density at radius 2 is 2.10 bits per heavy atom. The Morgan fingerprint density at radius 1 is 1.40 bits per heavy atom. The summed E-state index contributed by atoms with van der Waals surface area (Å²) in [5.41, 5.74) is -0.736. The predicted octanol–water partition coefficient (Wildman–Crippen LogP) is 3.09. The number of hydrogen-bond acceptors (Lipinski definition) is 2. The van der Waals surface area contributed by atoms with Gasteiger partial charge in [-0.3, -0.25) is 9.89 Å². The van der Waals surface area contributed by atoms with Crippen molar-refractivity contribution in [1.82, 2.24) is 9.78 Å². The lowest BCUT2D eigenvalue weighted by Gasteiger charge is -2.08. The molecule has 0 bridgehead atoms. The van der Waals surface area contributed by atoms with Crippen LogP contribution in [0.15, 0.2) is 33.5 Å². The standard InChI is InChI=1S/C12H10BrF3N2O2/c1-20-6-9-10(13)11(19)18(17-9)8-4-2-3-7(5-8)12(14,15)16/h2-5,17H,6H2,1H3. The zero-order chi connectivity index (χ0) is 14.9. The van der Waals surface area contributed by atoms with E-state index >= 15 is 0 Å². The zero-order valence-corrected chi connectivity index (χ0v) is 11.9. The molecule has 1 aromatic heterocycles. The van der Waals surface area contributed by atoms with Gasteiger partial charge in [0.05, 0.1) is 23.6 Å². The van der Waals surface area contributed by atoms with Crippen LogP contribution in [0.5, 0.6) is 0 Å². The minimum absolute atomic E-state index is 0.105. The summed E-state index contributed by atoms with van der Waals surface area (Å²) < 4.78 is 44.2. The van der Waals surface area contributed by atoms with E-state index in [1.54, 1.807) is 0 Å². The van der Waals surface area contributed by atoms with Crippen molar-refractivity contribution in [2.24, 2.45) is 0 Å². The van der Waals surface area contributed by atoms with E-state index in [-0.39, 0.29) is 16.8 Å². The van der Waals surface area contributed by atoms with Crippen LogP contribution in [0.1, 0.15) is 11.3 Å². The predicted molar refractivity (Wildman–Crippen MR) is 69.8 cm³/mol. The number of ether oxygens (including phenoxy) is 1. The Balaban J connectivity index is 2.52. The van der Waals surface area contributed by atoms with Gasteiger partial charge in [0.1, 0.15) is 4.47 Å². The van der Waals surface area contributed by atoms with Gasteiger partial charge in [0.15, 0.2) is 0 Å². The van der Waals surface area contributed by atoms with Gasteiger partial charge in [-0.1, -0.05) is 6.07 Å². The topological polar surface area (TPSA) is 47.0 Å². The maximum absolute atomic E-state index is 12.7. The molecule has 1 heterocycles. The molecule has 0 atom stereocenters. The van der Waals surface area contributed by atoms with Crippen molar-refractivity contribution in [1.29, 1.82) is 0 Å². The number of aromatic amines is 1. The highest BCUT2D eigenvalue weighted by Crippen LogP contribution is 2.30. The molecule has 0 fully saturated rings. The maximum atomic E-state index is 12.7. The fourth-order valence-corrected chi connectivity index (χ4v) is 2.09. The average Bonchev–Trinajstić information content (AvgIpc) is 2.67. The van der Waals surface area contributed by atoms with Crippen molar-refractivity contribution in [3.63, 3.8) is 0 Å². The van der Waals surface area contributed by atoms with E-state index in [2.05, 4.69) is 21.0 Å². The number of methoxy groups -OCH3 is 1. The number of halogens is 4. The first-order valence-corrected chi connectivity index (χ1v) is 6.30. The molecular weight excluding hydrogens is 341 g/mol. The summed E-state index contributed by atoms with van der Waals surface area (Å²) in [7, 11) is 1.45. The average molecular weight is 351 g/mol. The molecule has 0 aliphatic carbocycles. The molecular formula is C12H10BrF3N2O2. The Morgan fingerprint density at radius 3 is 2.70 bits per heavy atom. The molecule has 1 aromatic carbocycles. The highest BCUT2D eigenvalue weighted by Gasteiger charge is 2.30. The molecule has 4 nitrogen and oxygen atoms in total. The van der Waals surface area contributed by atoms with Gasteiger partial charge >= 0.3 is 6.18 Å². The number of aromatic nitrogens is 2. The summed E-state index contributed by atoms with van der Waals surface area (Å²) in [4.78, 5) is 12.0. The molecule has 0 unspecified atom stereocenters. The summed E-state index contributed by atoms with van der Waals surface area (Å²) >= 11 is 3.09. The van der Waals surface area contributed by atoms with E-state index in [1.165, 1.54) is 19.2 Å². The molecule has 2 aromatic rings. The summed E-state index contributed by atoms with van der Waals surface area (Å²) in [6.07, 6.45) is -4.46. The quantitative estimate of drug-likeness (QED) is 0.924. The highest BCUT2D eigenvalue weighted by atomic mass is 79.9. The van der Waals surface area contributed by atoms with Crippen LogP contribution in [0.25, 0.3) is 5.69 Å². The molecule has 0 spiro atoms. The summed E-state index contributed by atoms with van der Waals surface area (Å²) in [6, 6.07) is 4.51. The van der Waals surface area contributed by atoms with Gasteiger partial charge in [-0.25, -0.2) is 4.68 Å². The van der Waals surface area contributed by atoms with Crippen molar-refractivity contribution in [3.05, 3.63) is 50.3 Å². The summed E-state index contributed by atoms with van der Waals surface area (Å²) in [5, 5.41) is 2.71. The SMILES string of the molecule is COCc1[nH]n(-c2cccc(C(F)(F)F)c2)c(=O)c1Br. The number of H-pyrrole nitrogens is 1. The second-order valence-electron chi connectivity index (χ2n) is 4.03. The van der Waals surface area contributed by atoms with Gasteiger partial charge in [-0.2, -0.15) is 13.2 Å². The Bertz CT molecular complexity index is 676. The van der Waals surface area contributed by atoms with Gasteiger partial charge in [0, 0.05) is 7.11 Å². The maximum Gasteiger partial charge on any atom is 0.416 e. The van der Waals surface area contributed by atoms with Gasteiger partial charge in [0.2, 0.25) is 0 Å². The number of rotatable bonds is 3. The van der Waals surface area contributed by atoms with Crippen molar-refractivity contribution in [3.8, 4) is 5.69 Å². The fourth-order valence-electron chi connectivity index (χ4n) is 1.71. The molecule has 8 heteroatoms. The van der Waals surface area contributed by atoms with Crippen molar-refractivity contribution < 1.29 is 17.9 Å². The number of nitrogens with one attached hydrogen (secondary N) is 1. The third-order valence-electron chi connectivity index (χ3n) is 2.62. The lowest BCUT2D eigenvalue weighted by Crippen LogP contribution is -2.15. The largest absolute Gasteiger partial charge is 0.416 e. The van der Waals surface area contributed by atoms with E-state index in [9.17, 15) is 18.0 Å². The van der Waals surface area contributed by atoms with Crippen LogP contribution < -0.4 is 5.56 Å². The number of hydrogen-bond donors (Lipinski definition) is 1. The van der Waals surface area contributed by atoms with Gasteiger partial charge < -0.3 is 4.74 Å². The van der Waals surface area contributed by atoms with E-state index in [0.29, 0.717) is 5.69 Å². The van der Waals surface area contributed by atoms with Crippen LogP contribution in [-0.4, -0.2) is 16.9 Å². The van der Waals surface area contributed by atoms with Crippen molar-refractivity contribution >= 4 is 15.9 Å². The lowest BCUT2D eigenvalue weighted by atomic mass is 10.2. The van der Waals surface area contributed by atoms with Gasteiger partial charge in [0.25, 0.3) is 5.56 Å². The van der Waals surface area contributed by atoms with Crippen LogP contribution in [0.3, 0.4) is 0 Å². The van der Waals surface area contributed by atoms with E-state index in [4.69, 9.17) is 4.74 Å². The third-order valence-corrected chi connectivity index (χ3v) is 3.44. The number of nitrogens with zero attached hydrogens (tertiary/aromatic N) is 1.